The van der Waals surface area contributed by atoms with Crippen LogP contribution in [0.5, 0.6) is 0 Å². The number of primary sulfonamides is 1. The largest absolute Gasteiger partial charge is 0.365 e. The van der Waals surface area contributed by atoms with Crippen LogP contribution in [0.4, 0.5) is 5.82 Å². The number of nitrogens with two attached hydrogens (primary N) is 1. The third-order valence-electron chi connectivity index (χ3n) is 4.96. The number of pyridine rings is 1. The minimum atomic E-state index is -3.81. The van der Waals surface area contributed by atoms with Crippen molar-refractivity contribution in [3.05, 3.63) is 53.7 Å². The average molecular weight is 375 g/mol. The summed E-state index contributed by atoms with van der Waals surface area (Å²) in [5.74, 6) is 0.288. The van der Waals surface area contributed by atoms with E-state index in [0.29, 0.717) is 12.6 Å². The Labute approximate surface area is 155 Å². The number of benzene rings is 1. The molecular formula is C19H26N4O2S. The van der Waals surface area contributed by atoms with E-state index in [1.54, 1.807) is 12.3 Å². The summed E-state index contributed by atoms with van der Waals surface area (Å²) >= 11 is 0. The topological polar surface area (TPSA) is 88.3 Å². The quantitative estimate of drug-likeness (QED) is 0.812. The van der Waals surface area contributed by atoms with Gasteiger partial charge in [0.05, 0.1) is 0 Å². The molecule has 0 amide bonds. The van der Waals surface area contributed by atoms with E-state index in [2.05, 4.69) is 34.3 Å². The molecule has 140 valence electrons. The number of rotatable bonds is 6. The first-order valence-corrected chi connectivity index (χ1v) is 10.5. The summed E-state index contributed by atoms with van der Waals surface area (Å²) in [6, 6.07) is 11.9. The molecule has 1 aliphatic rings. The molecule has 0 aliphatic carbocycles. The number of sulfonamides is 1. The van der Waals surface area contributed by atoms with Gasteiger partial charge in [0, 0.05) is 25.3 Å². The molecule has 7 heteroatoms. The van der Waals surface area contributed by atoms with Crippen LogP contribution in [0.1, 0.15) is 37.3 Å². The van der Waals surface area contributed by atoms with Crippen LogP contribution in [0.3, 0.4) is 0 Å². The summed E-state index contributed by atoms with van der Waals surface area (Å²) in [4.78, 5) is 6.67. The van der Waals surface area contributed by atoms with Crippen LogP contribution >= 0.6 is 0 Å². The van der Waals surface area contributed by atoms with Gasteiger partial charge in [-0.05, 0) is 49.6 Å². The first kappa shape index (κ1) is 18.8. The van der Waals surface area contributed by atoms with Crippen molar-refractivity contribution in [1.82, 2.24) is 9.88 Å². The normalized spacial score (nSPS) is 18.6. The number of hydrogen-bond acceptors (Lipinski definition) is 5. The van der Waals surface area contributed by atoms with Crippen LogP contribution in [0.25, 0.3) is 0 Å². The van der Waals surface area contributed by atoms with Crippen molar-refractivity contribution < 1.29 is 8.42 Å². The van der Waals surface area contributed by atoms with E-state index in [1.165, 1.54) is 30.9 Å². The van der Waals surface area contributed by atoms with Crippen molar-refractivity contribution in [2.75, 3.05) is 11.9 Å². The second kappa shape index (κ2) is 8.16. The number of piperidine rings is 1. The highest BCUT2D eigenvalue weighted by atomic mass is 32.2. The Morgan fingerprint density at radius 2 is 1.96 bits per heavy atom. The molecule has 1 aromatic carbocycles. The van der Waals surface area contributed by atoms with Crippen LogP contribution in [-0.4, -0.2) is 30.9 Å². The van der Waals surface area contributed by atoms with Crippen molar-refractivity contribution in [2.24, 2.45) is 5.14 Å². The van der Waals surface area contributed by atoms with Gasteiger partial charge in [-0.25, -0.2) is 18.5 Å². The van der Waals surface area contributed by atoms with Crippen molar-refractivity contribution in [2.45, 2.75) is 50.2 Å². The number of aromatic nitrogens is 1. The van der Waals surface area contributed by atoms with Crippen molar-refractivity contribution in [1.29, 1.82) is 0 Å². The molecule has 3 N–H and O–H groups in total. The molecule has 3 rings (SSSR count). The van der Waals surface area contributed by atoms with E-state index in [9.17, 15) is 8.42 Å². The van der Waals surface area contributed by atoms with Gasteiger partial charge in [0.25, 0.3) is 0 Å². The maximum absolute atomic E-state index is 11.7. The fourth-order valence-electron chi connectivity index (χ4n) is 3.43. The molecule has 0 bridgehead atoms. The van der Waals surface area contributed by atoms with Gasteiger partial charge in [-0.1, -0.05) is 30.7 Å². The van der Waals surface area contributed by atoms with Crippen LogP contribution < -0.4 is 10.5 Å². The van der Waals surface area contributed by atoms with Crippen LogP contribution in [0.15, 0.2) is 47.5 Å². The molecule has 1 aliphatic heterocycles. The summed E-state index contributed by atoms with van der Waals surface area (Å²) in [6.07, 6.45) is 5.34. The lowest BCUT2D eigenvalue weighted by Crippen LogP contribution is -2.37. The number of nitrogens with zero attached hydrogens (tertiary/aromatic N) is 2. The average Bonchev–Trinajstić information content (AvgIpc) is 2.62. The Morgan fingerprint density at radius 3 is 2.69 bits per heavy atom. The molecule has 1 fully saturated rings. The molecule has 0 spiro atoms. The fraction of sp³-hybridized carbons (Fsp3) is 0.421. The zero-order valence-electron chi connectivity index (χ0n) is 15.1. The molecule has 26 heavy (non-hydrogen) atoms. The van der Waals surface area contributed by atoms with Gasteiger partial charge in [-0.2, -0.15) is 0 Å². The van der Waals surface area contributed by atoms with Gasteiger partial charge in [0.15, 0.2) is 0 Å². The third-order valence-corrected chi connectivity index (χ3v) is 5.90. The highest BCUT2D eigenvalue weighted by Gasteiger charge is 2.19. The maximum atomic E-state index is 11.7. The van der Waals surface area contributed by atoms with Gasteiger partial charge < -0.3 is 5.32 Å². The van der Waals surface area contributed by atoms with E-state index in [4.69, 9.17) is 5.14 Å². The standard InChI is InChI=1S/C19H26N4O2S/c1-15-7-4-5-12-23(15)14-17-9-3-2-8-16(17)13-22-19-18(26(20,24)25)10-6-11-21-19/h2-3,6,8-11,15H,4-5,7,12-14H2,1H3,(H,21,22)(H2,20,24,25)/t15-/m1/s1. The minimum Gasteiger partial charge on any atom is -0.365 e. The van der Waals surface area contributed by atoms with E-state index >= 15 is 0 Å². The predicted molar refractivity (Wildman–Crippen MR) is 103 cm³/mol. The first-order chi connectivity index (χ1) is 12.4. The highest BCUT2D eigenvalue weighted by Crippen LogP contribution is 2.22. The SMILES string of the molecule is C[C@@H]1CCCCN1Cc1ccccc1CNc1ncccc1S(N)(=O)=O. The molecule has 1 aromatic heterocycles. The molecule has 2 heterocycles. The van der Waals surface area contributed by atoms with Gasteiger partial charge >= 0.3 is 0 Å². The summed E-state index contributed by atoms with van der Waals surface area (Å²) in [7, 11) is -3.81. The lowest BCUT2D eigenvalue weighted by molar-refractivity contribution is 0.152. The fourth-order valence-corrected chi connectivity index (χ4v) is 4.09. The predicted octanol–water partition coefficient (Wildman–Crippen LogP) is 2.72. The van der Waals surface area contributed by atoms with Crippen molar-refractivity contribution in [3.8, 4) is 0 Å². The van der Waals surface area contributed by atoms with Gasteiger partial charge in [0.1, 0.15) is 10.7 Å². The summed E-state index contributed by atoms with van der Waals surface area (Å²) < 4.78 is 23.4. The van der Waals surface area contributed by atoms with E-state index in [0.717, 1.165) is 18.7 Å². The van der Waals surface area contributed by atoms with E-state index in [1.807, 2.05) is 12.1 Å². The molecule has 1 saturated heterocycles. The van der Waals surface area contributed by atoms with Crippen LogP contribution in [0, 0.1) is 0 Å². The number of nitrogens with one attached hydrogen (secondary N) is 1. The van der Waals surface area contributed by atoms with Gasteiger partial charge in [0.2, 0.25) is 10.0 Å². The summed E-state index contributed by atoms with van der Waals surface area (Å²) in [5, 5.41) is 8.42. The van der Waals surface area contributed by atoms with Crippen LogP contribution in [-0.2, 0) is 23.1 Å². The van der Waals surface area contributed by atoms with Gasteiger partial charge in [-0.15, -0.1) is 0 Å². The first-order valence-electron chi connectivity index (χ1n) is 8.97. The van der Waals surface area contributed by atoms with Gasteiger partial charge in [-0.3, -0.25) is 4.90 Å². The Balaban J connectivity index is 1.75. The third kappa shape index (κ3) is 4.60. The molecule has 0 saturated carbocycles. The number of hydrogen-bond donors (Lipinski definition) is 2. The zero-order valence-corrected chi connectivity index (χ0v) is 15.9. The second-order valence-electron chi connectivity index (χ2n) is 6.83. The smallest absolute Gasteiger partial charge is 0.241 e. The monoisotopic (exact) mass is 374 g/mol. The van der Waals surface area contributed by atoms with Crippen LogP contribution in [0.2, 0.25) is 0 Å². The lowest BCUT2D eigenvalue weighted by atomic mass is 10.0. The van der Waals surface area contributed by atoms with E-state index < -0.39 is 10.0 Å². The van der Waals surface area contributed by atoms with E-state index in [-0.39, 0.29) is 10.7 Å². The molecule has 0 radical (unpaired) electrons. The Bertz CT molecular complexity index is 854. The summed E-state index contributed by atoms with van der Waals surface area (Å²) in [5.41, 5.74) is 2.39. The highest BCUT2D eigenvalue weighted by molar-refractivity contribution is 7.89. The Morgan fingerprint density at radius 1 is 1.19 bits per heavy atom. The van der Waals surface area contributed by atoms with Crippen molar-refractivity contribution >= 4 is 15.8 Å². The molecule has 0 unspecified atom stereocenters. The lowest BCUT2D eigenvalue weighted by Gasteiger charge is -2.33. The second-order valence-corrected chi connectivity index (χ2v) is 8.36. The Kier molecular flexibility index (Phi) is 5.90. The zero-order chi connectivity index (χ0) is 18.6. The Hall–Kier alpha value is -1.96. The molecule has 6 nitrogen and oxygen atoms in total. The maximum Gasteiger partial charge on any atom is 0.241 e. The molecular weight excluding hydrogens is 348 g/mol. The molecule has 1 atom stereocenters. The van der Waals surface area contributed by atoms with Crippen molar-refractivity contribution in [3.63, 3.8) is 0 Å². The minimum absolute atomic E-state index is 0.0159. The summed E-state index contributed by atoms with van der Waals surface area (Å²) in [6.45, 7) is 4.81. The number of likely N-dealkylation sites (tertiary alicyclic amines) is 1. The molecule has 2 aromatic rings. The number of anilines is 1.